The van der Waals surface area contributed by atoms with Crippen LogP contribution in [0.1, 0.15) is 78.7 Å². The molecule has 0 aliphatic rings. The van der Waals surface area contributed by atoms with E-state index >= 15 is 0 Å². The average molecular weight is 496 g/mol. The maximum atomic E-state index is 13.3. The van der Waals surface area contributed by atoms with Crippen molar-refractivity contribution in [3.8, 4) is 6.07 Å². The Morgan fingerprint density at radius 1 is 1.17 bits per heavy atom. The van der Waals surface area contributed by atoms with E-state index in [0.717, 1.165) is 30.5 Å². The second-order valence-electron chi connectivity index (χ2n) is 9.08. The number of carboxylic acid groups (broad SMARTS) is 1. The summed E-state index contributed by atoms with van der Waals surface area (Å²) >= 11 is 5.91. The zero-order valence-electron chi connectivity index (χ0n) is 20.0. The number of benzene rings is 1. The Bertz CT molecular complexity index is 1240. The van der Waals surface area contributed by atoms with Gasteiger partial charge in [-0.1, -0.05) is 43.5 Å². The number of nitriles is 1. The lowest BCUT2D eigenvalue weighted by molar-refractivity contribution is -0.137. The van der Waals surface area contributed by atoms with Gasteiger partial charge in [0.1, 0.15) is 11.7 Å². The highest BCUT2D eigenvalue weighted by molar-refractivity contribution is 6.30. The minimum absolute atomic E-state index is 0.0799. The lowest BCUT2D eigenvalue weighted by Gasteiger charge is -2.12. The third-order valence-electron chi connectivity index (χ3n) is 6.26. The number of aliphatic hydroxyl groups excluding tert-OH is 1. The smallest absolute Gasteiger partial charge is 0.303 e. The number of pyridine rings is 1. The fraction of sp³-hybridized carbons (Fsp3) is 0.407. The monoisotopic (exact) mass is 495 g/mol. The number of ketones is 1. The van der Waals surface area contributed by atoms with Crippen molar-refractivity contribution in [2.45, 2.75) is 58.0 Å². The van der Waals surface area contributed by atoms with Crippen LogP contribution < -0.4 is 0 Å². The standard InChI is InChI=1S/C27H30ClN3O4/c1-17(13-25(34)35)12-24(33)26-21-14-18(15-29)16-30-27(21)31(2)22(26)6-4-3-5-7-23(32)19-8-10-20(28)11-9-19/h8-11,14,16-17,23,32H,3-7,12-13H2,1-2H3,(H,34,35)/t17-,23?/m0/s1. The van der Waals surface area contributed by atoms with E-state index in [0.29, 0.717) is 40.0 Å². The molecule has 8 heteroatoms. The van der Waals surface area contributed by atoms with Crippen LogP contribution in [0.15, 0.2) is 36.5 Å². The number of carbonyl (C=O) groups is 2. The van der Waals surface area contributed by atoms with Gasteiger partial charge in [0.2, 0.25) is 0 Å². The predicted molar refractivity (Wildman–Crippen MR) is 134 cm³/mol. The average Bonchev–Trinajstić information content (AvgIpc) is 3.09. The molecule has 0 bridgehead atoms. The summed E-state index contributed by atoms with van der Waals surface area (Å²) in [5, 5.41) is 30.1. The molecule has 2 atom stereocenters. The molecule has 3 rings (SSSR count). The largest absolute Gasteiger partial charge is 0.481 e. The summed E-state index contributed by atoms with van der Waals surface area (Å²) in [6.07, 6.45) is 4.75. The van der Waals surface area contributed by atoms with Crippen LogP contribution in [0.3, 0.4) is 0 Å². The second kappa shape index (κ2) is 12.0. The summed E-state index contributed by atoms with van der Waals surface area (Å²) in [5.41, 5.74) is 3.22. The Hall–Kier alpha value is -3.21. The van der Waals surface area contributed by atoms with Gasteiger partial charge in [-0.15, -0.1) is 0 Å². The molecule has 2 heterocycles. The molecule has 0 saturated heterocycles. The maximum absolute atomic E-state index is 13.3. The summed E-state index contributed by atoms with van der Waals surface area (Å²) in [6.45, 7) is 1.75. The van der Waals surface area contributed by atoms with Crippen LogP contribution in [0.5, 0.6) is 0 Å². The molecule has 0 amide bonds. The van der Waals surface area contributed by atoms with Crippen LogP contribution in [0.4, 0.5) is 0 Å². The Balaban J connectivity index is 1.72. The zero-order valence-corrected chi connectivity index (χ0v) is 20.8. The number of Topliss-reactive ketones (excluding diaryl/α,β-unsaturated/α-hetero) is 1. The molecular weight excluding hydrogens is 466 g/mol. The van der Waals surface area contributed by atoms with Crippen LogP contribution >= 0.6 is 11.6 Å². The molecule has 1 aromatic carbocycles. The van der Waals surface area contributed by atoms with Crippen LogP contribution in [0.25, 0.3) is 11.0 Å². The summed E-state index contributed by atoms with van der Waals surface area (Å²) < 4.78 is 1.90. The van der Waals surface area contributed by atoms with Crippen molar-refractivity contribution in [1.82, 2.24) is 9.55 Å². The van der Waals surface area contributed by atoms with Gasteiger partial charge in [0, 0.05) is 47.8 Å². The topological polar surface area (TPSA) is 116 Å². The number of nitrogens with zero attached hydrogens (tertiary/aromatic N) is 3. The highest BCUT2D eigenvalue weighted by Crippen LogP contribution is 2.29. The van der Waals surface area contributed by atoms with E-state index in [-0.39, 0.29) is 24.5 Å². The molecular formula is C27H30ClN3O4. The Morgan fingerprint density at radius 2 is 1.89 bits per heavy atom. The van der Waals surface area contributed by atoms with Gasteiger partial charge in [-0.3, -0.25) is 9.59 Å². The van der Waals surface area contributed by atoms with Crippen LogP contribution in [-0.2, 0) is 18.3 Å². The number of aliphatic hydroxyl groups is 1. The molecule has 35 heavy (non-hydrogen) atoms. The summed E-state index contributed by atoms with van der Waals surface area (Å²) in [5.74, 6) is -1.36. The molecule has 0 aliphatic heterocycles. The number of fused-ring (bicyclic) bond motifs is 1. The number of aryl methyl sites for hydroxylation is 1. The van der Waals surface area contributed by atoms with E-state index in [4.69, 9.17) is 16.7 Å². The first-order valence-corrected chi connectivity index (χ1v) is 12.1. The molecule has 7 nitrogen and oxygen atoms in total. The number of aromatic nitrogens is 2. The molecule has 2 aromatic heterocycles. The molecule has 3 aromatic rings. The quantitative estimate of drug-likeness (QED) is 0.249. The fourth-order valence-electron chi connectivity index (χ4n) is 4.47. The number of carboxylic acids is 1. The van der Waals surface area contributed by atoms with Crippen LogP contribution in [0, 0.1) is 17.2 Å². The number of unbranched alkanes of at least 4 members (excludes halogenated alkanes) is 2. The van der Waals surface area contributed by atoms with E-state index in [9.17, 15) is 20.0 Å². The Morgan fingerprint density at radius 3 is 2.54 bits per heavy atom. The van der Waals surface area contributed by atoms with Crippen molar-refractivity contribution in [1.29, 1.82) is 5.26 Å². The van der Waals surface area contributed by atoms with Crippen LogP contribution in [0.2, 0.25) is 5.02 Å². The third-order valence-corrected chi connectivity index (χ3v) is 6.51. The summed E-state index contributed by atoms with van der Waals surface area (Å²) in [6, 6.07) is 10.9. The Labute approximate surface area is 210 Å². The van der Waals surface area contributed by atoms with E-state index in [1.165, 1.54) is 6.20 Å². The molecule has 184 valence electrons. The predicted octanol–water partition coefficient (Wildman–Crippen LogP) is 5.62. The number of rotatable bonds is 12. The van der Waals surface area contributed by atoms with E-state index in [1.54, 1.807) is 25.1 Å². The van der Waals surface area contributed by atoms with Gasteiger partial charge in [0.25, 0.3) is 0 Å². The van der Waals surface area contributed by atoms with E-state index in [1.807, 2.05) is 23.7 Å². The van der Waals surface area contributed by atoms with Crippen molar-refractivity contribution < 1.29 is 19.8 Å². The first kappa shape index (κ1) is 26.4. The molecule has 0 fully saturated rings. The SMILES string of the molecule is C[C@H](CC(=O)O)CC(=O)c1c(CCCCCC(O)c2ccc(Cl)cc2)n(C)c2ncc(C#N)cc12. The number of carbonyl (C=O) groups excluding carboxylic acids is 1. The van der Waals surface area contributed by atoms with E-state index in [2.05, 4.69) is 11.1 Å². The molecule has 2 N–H and O–H groups in total. The normalized spacial score (nSPS) is 12.9. The van der Waals surface area contributed by atoms with Crippen molar-refractivity contribution in [2.75, 3.05) is 0 Å². The van der Waals surface area contributed by atoms with Gasteiger partial charge in [-0.05, 0) is 48.9 Å². The molecule has 0 saturated carbocycles. The van der Waals surface area contributed by atoms with Gasteiger partial charge in [-0.2, -0.15) is 5.26 Å². The maximum Gasteiger partial charge on any atom is 0.303 e. The zero-order chi connectivity index (χ0) is 25.5. The lowest BCUT2D eigenvalue weighted by Crippen LogP contribution is -2.12. The number of halogens is 1. The first-order chi connectivity index (χ1) is 16.7. The van der Waals surface area contributed by atoms with Crippen molar-refractivity contribution in [3.63, 3.8) is 0 Å². The van der Waals surface area contributed by atoms with Gasteiger partial charge in [0.15, 0.2) is 5.78 Å². The Kier molecular flexibility index (Phi) is 9.02. The fourth-order valence-corrected chi connectivity index (χ4v) is 4.60. The van der Waals surface area contributed by atoms with Crippen LogP contribution in [-0.4, -0.2) is 31.5 Å². The highest BCUT2D eigenvalue weighted by atomic mass is 35.5. The number of hydrogen-bond acceptors (Lipinski definition) is 5. The summed E-state index contributed by atoms with van der Waals surface area (Å²) in [4.78, 5) is 28.8. The minimum Gasteiger partial charge on any atom is -0.481 e. The lowest BCUT2D eigenvalue weighted by atomic mass is 9.94. The van der Waals surface area contributed by atoms with Crippen molar-refractivity contribution >= 4 is 34.4 Å². The van der Waals surface area contributed by atoms with Crippen molar-refractivity contribution in [3.05, 3.63) is 63.9 Å². The second-order valence-corrected chi connectivity index (χ2v) is 9.52. The molecule has 0 aliphatic carbocycles. The van der Waals surface area contributed by atoms with E-state index < -0.39 is 12.1 Å². The van der Waals surface area contributed by atoms with Gasteiger partial charge in [-0.25, -0.2) is 4.98 Å². The van der Waals surface area contributed by atoms with Gasteiger partial charge >= 0.3 is 5.97 Å². The van der Waals surface area contributed by atoms with Gasteiger partial charge in [0.05, 0.1) is 11.7 Å². The van der Waals surface area contributed by atoms with Gasteiger partial charge < -0.3 is 14.8 Å². The first-order valence-electron chi connectivity index (χ1n) is 11.8. The van der Waals surface area contributed by atoms with Crippen molar-refractivity contribution in [2.24, 2.45) is 13.0 Å². The third kappa shape index (κ3) is 6.68. The summed E-state index contributed by atoms with van der Waals surface area (Å²) in [7, 11) is 1.86. The molecule has 0 radical (unpaired) electrons. The highest BCUT2D eigenvalue weighted by Gasteiger charge is 2.24. The molecule has 1 unspecified atom stereocenters. The molecule has 0 spiro atoms. The number of aliphatic carboxylic acids is 1. The minimum atomic E-state index is -0.933. The number of hydrogen-bond donors (Lipinski definition) is 2.